The van der Waals surface area contributed by atoms with Crippen LogP contribution in [0, 0.1) is 0 Å². The van der Waals surface area contributed by atoms with E-state index < -0.39 is 18.3 Å². The normalized spacial score (nSPS) is 29.6. The lowest BCUT2D eigenvalue weighted by molar-refractivity contribution is -0.156. The number of aliphatic hydroxyl groups is 1. The molecule has 0 aromatic carbocycles. The van der Waals surface area contributed by atoms with Gasteiger partial charge in [-0.3, -0.25) is 9.80 Å². The summed E-state index contributed by atoms with van der Waals surface area (Å²) >= 11 is 0. The highest BCUT2D eigenvalue weighted by Gasteiger charge is 2.37. The number of halogens is 3. The number of hydrogen-bond donors (Lipinski definition) is 1. The third-order valence-corrected chi connectivity index (χ3v) is 4.53. The third-order valence-electron chi connectivity index (χ3n) is 4.53. The summed E-state index contributed by atoms with van der Waals surface area (Å²) in [4.78, 5) is 3.62. The van der Waals surface area contributed by atoms with E-state index in [9.17, 15) is 18.3 Å². The Hall–Kier alpha value is -0.330. The van der Waals surface area contributed by atoms with Crippen molar-refractivity contribution in [1.29, 1.82) is 0 Å². The molecule has 20 heavy (non-hydrogen) atoms. The van der Waals surface area contributed by atoms with Gasteiger partial charge in [0.05, 0.1) is 12.1 Å². The Morgan fingerprint density at radius 2 is 1.80 bits per heavy atom. The minimum Gasteiger partial charge on any atom is -0.389 e. The lowest BCUT2D eigenvalue weighted by atomic mass is 9.84. The van der Waals surface area contributed by atoms with Crippen LogP contribution < -0.4 is 0 Å². The van der Waals surface area contributed by atoms with Crippen molar-refractivity contribution in [2.45, 2.75) is 56.8 Å². The molecule has 1 aliphatic carbocycles. The number of rotatable bonds is 3. The van der Waals surface area contributed by atoms with Crippen LogP contribution in [0.1, 0.15) is 39.0 Å². The van der Waals surface area contributed by atoms with Gasteiger partial charge in [-0.15, -0.1) is 0 Å². The second-order valence-corrected chi connectivity index (χ2v) is 6.45. The number of alkyl halides is 3. The molecule has 0 aromatic rings. The van der Waals surface area contributed by atoms with Gasteiger partial charge in [0.1, 0.15) is 0 Å². The van der Waals surface area contributed by atoms with E-state index in [1.165, 1.54) is 11.3 Å². The fraction of sp³-hybridized carbons (Fsp3) is 1.00. The number of nitrogens with zero attached hydrogens (tertiary/aromatic N) is 2. The molecular formula is C14H25F3N2O. The Bertz CT molecular complexity index is 316. The molecule has 118 valence electrons. The van der Waals surface area contributed by atoms with Gasteiger partial charge in [0.15, 0.2) is 0 Å². The third kappa shape index (κ3) is 4.60. The van der Waals surface area contributed by atoms with E-state index in [1.54, 1.807) is 0 Å². The zero-order valence-corrected chi connectivity index (χ0v) is 12.1. The predicted octanol–water partition coefficient (Wildman–Crippen LogP) is 2.25. The highest BCUT2D eigenvalue weighted by atomic mass is 19.4. The van der Waals surface area contributed by atoms with Crippen molar-refractivity contribution in [2.24, 2.45) is 0 Å². The second kappa shape index (κ2) is 6.20. The van der Waals surface area contributed by atoms with E-state index in [2.05, 4.69) is 4.90 Å². The molecule has 2 fully saturated rings. The van der Waals surface area contributed by atoms with Crippen molar-refractivity contribution in [3.8, 4) is 0 Å². The highest BCUT2D eigenvalue weighted by Crippen LogP contribution is 2.29. The number of hydrogen-bond acceptors (Lipinski definition) is 3. The van der Waals surface area contributed by atoms with Crippen molar-refractivity contribution < 1.29 is 18.3 Å². The van der Waals surface area contributed by atoms with Gasteiger partial charge < -0.3 is 5.11 Å². The maximum atomic E-state index is 12.4. The average molecular weight is 294 g/mol. The number of β-amino-alcohol motifs (C(OH)–C–C–N with tert-alkyl or cyclic N) is 1. The summed E-state index contributed by atoms with van der Waals surface area (Å²) in [7, 11) is 0. The van der Waals surface area contributed by atoms with Crippen LogP contribution >= 0.6 is 0 Å². The van der Waals surface area contributed by atoms with Gasteiger partial charge in [0.25, 0.3) is 0 Å². The van der Waals surface area contributed by atoms with Crippen LogP contribution in [0.5, 0.6) is 0 Å². The molecule has 1 N–H and O–H groups in total. The molecular weight excluding hydrogens is 269 g/mol. The molecule has 0 radical (unpaired) electrons. The Kier molecular flexibility index (Phi) is 4.97. The first-order valence-electron chi connectivity index (χ1n) is 7.53. The molecule has 0 amide bonds. The van der Waals surface area contributed by atoms with E-state index >= 15 is 0 Å². The Labute approximate surface area is 118 Å². The zero-order valence-electron chi connectivity index (χ0n) is 12.1. The van der Waals surface area contributed by atoms with Gasteiger partial charge in [-0.05, 0) is 19.8 Å². The zero-order chi connectivity index (χ0) is 14.8. The molecule has 1 atom stereocenters. The summed E-state index contributed by atoms with van der Waals surface area (Å²) < 4.78 is 37.3. The van der Waals surface area contributed by atoms with Crippen LogP contribution in [-0.2, 0) is 0 Å². The van der Waals surface area contributed by atoms with Gasteiger partial charge in [-0.1, -0.05) is 19.3 Å². The Morgan fingerprint density at radius 3 is 2.35 bits per heavy atom. The van der Waals surface area contributed by atoms with Crippen molar-refractivity contribution in [2.75, 3.05) is 32.7 Å². The maximum absolute atomic E-state index is 12.4. The van der Waals surface area contributed by atoms with Crippen LogP contribution in [0.15, 0.2) is 0 Å². The summed E-state index contributed by atoms with van der Waals surface area (Å²) in [6, 6.07) is -0.113. The molecule has 1 saturated heterocycles. The molecule has 1 saturated carbocycles. The average Bonchev–Trinajstić information content (AvgIpc) is 2.32. The first-order valence-corrected chi connectivity index (χ1v) is 7.53. The van der Waals surface area contributed by atoms with Gasteiger partial charge in [0, 0.05) is 32.2 Å². The molecule has 0 spiro atoms. The van der Waals surface area contributed by atoms with Crippen molar-refractivity contribution >= 4 is 0 Å². The van der Waals surface area contributed by atoms with Gasteiger partial charge in [0.2, 0.25) is 0 Å². The predicted molar refractivity (Wildman–Crippen MR) is 71.6 cm³/mol. The van der Waals surface area contributed by atoms with Crippen LogP contribution in [0.25, 0.3) is 0 Å². The topological polar surface area (TPSA) is 26.7 Å². The summed E-state index contributed by atoms with van der Waals surface area (Å²) in [6.45, 7) is 3.27. The lowest BCUT2D eigenvalue weighted by Gasteiger charge is -2.44. The van der Waals surface area contributed by atoms with Gasteiger partial charge >= 0.3 is 6.18 Å². The summed E-state index contributed by atoms with van der Waals surface area (Å²) in [5, 5.41) is 10.5. The van der Waals surface area contributed by atoms with Crippen LogP contribution in [0.2, 0.25) is 0 Å². The van der Waals surface area contributed by atoms with Crippen molar-refractivity contribution in [3.63, 3.8) is 0 Å². The minimum absolute atomic E-state index is 0.113. The van der Waals surface area contributed by atoms with Crippen molar-refractivity contribution in [3.05, 3.63) is 0 Å². The molecule has 0 aromatic heterocycles. The van der Waals surface area contributed by atoms with Gasteiger partial charge in [-0.2, -0.15) is 13.2 Å². The van der Waals surface area contributed by atoms with Crippen LogP contribution in [0.4, 0.5) is 13.2 Å². The minimum atomic E-state index is -4.13. The Balaban J connectivity index is 1.83. The van der Waals surface area contributed by atoms with E-state index in [4.69, 9.17) is 0 Å². The summed E-state index contributed by atoms with van der Waals surface area (Å²) in [5.74, 6) is 0. The van der Waals surface area contributed by atoms with E-state index in [-0.39, 0.29) is 6.04 Å². The monoisotopic (exact) mass is 294 g/mol. The first kappa shape index (κ1) is 16.0. The molecule has 1 heterocycles. The van der Waals surface area contributed by atoms with E-state index in [1.807, 2.05) is 6.92 Å². The molecule has 2 aliphatic rings. The number of piperazine rings is 1. The first-order chi connectivity index (χ1) is 9.27. The second-order valence-electron chi connectivity index (χ2n) is 6.45. The van der Waals surface area contributed by atoms with Crippen molar-refractivity contribution in [1.82, 2.24) is 9.80 Å². The summed E-state index contributed by atoms with van der Waals surface area (Å²) in [5.41, 5.74) is -0.621. The molecule has 1 aliphatic heterocycles. The summed E-state index contributed by atoms with van der Waals surface area (Å²) in [6.07, 6.45) is 0.810. The highest BCUT2D eigenvalue weighted by molar-refractivity contribution is 4.89. The van der Waals surface area contributed by atoms with E-state index in [0.29, 0.717) is 26.2 Å². The molecule has 1 unspecified atom stereocenters. The largest absolute Gasteiger partial charge is 0.401 e. The fourth-order valence-electron chi connectivity index (χ4n) is 3.46. The standard InChI is InChI=1S/C14H25F3N2O/c1-12-9-18(7-8-19(12)11-14(15,16)17)10-13(20)5-3-2-4-6-13/h12,20H,2-11H2,1H3. The van der Waals surface area contributed by atoms with Crippen LogP contribution in [0.3, 0.4) is 0 Å². The molecule has 2 rings (SSSR count). The maximum Gasteiger partial charge on any atom is 0.401 e. The quantitative estimate of drug-likeness (QED) is 0.865. The lowest BCUT2D eigenvalue weighted by Crippen LogP contribution is -2.57. The molecule has 6 heteroatoms. The molecule has 3 nitrogen and oxygen atoms in total. The van der Waals surface area contributed by atoms with E-state index in [0.717, 1.165) is 25.7 Å². The van der Waals surface area contributed by atoms with Crippen LogP contribution in [-0.4, -0.2) is 65.4 Å². The fourth-order valence-corrected chi connectivity index (χ4v) is 3.46. The smallest absolute Gasteiger partial charge is 0.389 e. The Morgan fingerprint density at radius 1 is 1.15 bits per heavy atom. The molecule has 0 bridgehead atoms. The van der Waals surface area contributed by atoms with Gasteiger partial charge in [-0.25, -0.2) is 0 Å². The SMILES string of the molecule is CC1CN(CC2(O)CCCCC2)CCN1CC(F)(F)F.